The van der Waals surface area contributed by atoms with Crippen LogP contribution in [-0.2, 0) is 4.74 Å². The molecule has 1 aromatic heterocycles. The van der Waals surface area contributed by atoms with Crippen molar-refractivity contribution in [3.63, 3.8) is 0 Å². The number of nitrogens with zero attached hydrogens (tertiary/aromatic N) is 4. The lowest BCUT2D eigenvalue weighted by Crippen LogP contribution is -2.51. The van der Waals surface area contributed by atoms with Crippen LogP contribution in [0.5, 0.6) is 0 Å². The molecule has 2 rings (SSSR count). The summed E-state index contributed by atoms with van der Waals surface area (Å²) in [6, 6.07) is 0. The van der Waals surface area contributed by atoms with Crippen molar-refractivity contribution >= 4 is 40.5 Å². The largest absolute Gasteiger partial charge is 0.442 e. The van der Waals surface area contributed by atoms with Gasteiger partial charge in [-0.3, -0.25) is 9.36 Å². The number of hydrogen-bond donors (Lipinski definition) is 1. The number of nitrogens with two attached hydrogens (primary N) is 1. The second-order valence-electron chi connectivity index (χ2n) is 4.98. The maximum absolute atomic E-state index is 11.9. The van der Waals surface area contributed by atoms with E-state index >= 15 is 0 Å². The highest BCUT2D eigenvalue weighted by Gasteiger charge is 2.28. The summed E-state index contributed by atoms with van der Waals surface area (Å²) in [6.45, 7) is 17.0. The summed E-state index contributed by atoms with van der Waals surface area (Å²) in [5.74, 6) is 0.333. The van der Waals surface area contributed by atoms with E-state index in [1.165, 1.54) is 4.90 Å². The minimum atomic E-state index is -2.03. The van der Waals surface area contributed by atoms with Gasteiger partial charge in [-0.2, -0.15) is 4.98 Å². The van der Waals surface area contributed by atoms with Gasteiger partial charge in [-0.15, -0.1) is 0 Å². The second-order valence-corrected chi connectivity index (χ2v) is 6.06. The highest BCUT2D eigenvalue weighted by molar-refractivity contribution is 14.1. The molecule has 1 aliphatic heterocycles. The van der Waals surface area contributed by atoms with Crippen LogP contribution in [-0.4, -0.2) is 52.3 Å². The maximum Gasteiger partial charge on any atom is 0.410 e. The average Bonchev–Trinajstić information content (AvgIpc) is 2.47. The summed E-state index contributed by atoms with van der Waals surface area (Å²) in [6.07, 6.45) is -0.725. The topological polar surface area (TPSA) is 93.7 Å². The van der Waals surface area contributed by atoms with E-state index in [2.05, 4.69) is 9.72 Å². The Hall–Kier alpha value is -1.52. The van der Waals surface area contributed by atoms with Gasteiger partial charge in [0.2, 0.25) is 5.95 Å². The molecule has 0 spiro atoms. The zero-order valence-corrected chi connectivity index (χ0v) is 14.3. The van der Waals surface area contributed by atoms with Crippen molar-refractivity contribution in [2.24, 2.45) is 0 Å². The molecule has 1 aromatic rings. The fraction of sp³-hybridized carbons (Fsp3) is 0.357. The van der Waals surface area contributed by atoms with E-state index in [1.807, 2.05) is 0 Å². The first-order chi connectivity index (χ1) is 10.6. The molecule has 2 heterocycles. The van der Waals surface area contributed by atoms with Crippen molar-refractivity contribution in [3.8, 4) is 0 Å². The van der Waals surface area contributed by atoms with Crippen molar-refractivity contribution in [1.29, 1.82) is 0 Å². The maximum atomic E-state index is 11.9. The van der Waals surface area contributed by atoms with Crippen LogP contribution >= 0.6 is 22.6 Å². The molecule has 0 aliphatic carbocycles. The predicted molar refractivity (Wildman–Crippen MR) is 91.2 cm³/mol. The number of carbonyl (C=O) groups is 1. The Morgan fingerprint density at radius 1 is 1.26 bits per heavy atom. The minimum Gasteiger partial charge on any atom is -0.442 e. The van der Waals surface area contributed by atoms with E-state index in [0.717, 1.165) is 4.57 Å². The van der Waals surface area contributed by atoms with Crippen molar-refractivity contribution < 1.29 is 9.53 Å². The minimum absolute atomic E-state index is 0.105. The Labute approximate surface area is 148 Å². The molecular formula is C14H14IN5O3. The molecular weight excluding hydrogens is 413 g/mol. The monoisotopic (exact) mass is 427 g/mol. The Kier molecular flexibility index (Phi) is 5.07. The van der Waals surface area contributed by atoms with Crippen molar-refractivity contribution in [2.75, 3.05) is 36.8 Å². The summed E-state index contributed by atoms with van der Waals surface area (Å²) in [7, 11) is 5.75. The molecule has 0 aromatic carbocycles. The fourth-order valence-electron chi connectivity index (χ4n) is 2.04. The van der Waals surface area contributed by atoms with E-state index < -0.39 is 17.3 Å². The van der Waals surface area contributed by atoms with Gasteiger partial charge in [0.25, 0.3) is 5.56 Å². The molecule has 9 heteroatoms. The van der Waals surface area contributed by atoms with Gasteiger partial charge in [-0.1, -0.05) is 0 Å². The van der Waals surface area contributed by atoms with Gasteiger partial charge >= 0.3 is 6.09 Å². The van der Waals surface area contributed by atoms with Crippen molar-refractivity contribution in [3.05, 3.63) is 41.7 Å². The Balaban J connectivity index is 2.08. The fourth-order valence-corrected chi connectivity index (χ4v) is 2.43. The van der Waals surface area contributed by atoms with Crippen LogP contribution in [0.25, 0.3) is 0 Å². The van der Waals surface area contributed by atoms with Gasteiger partial charge in [0.1, 0.15) is 15.0 Å². The normalized spacial score (nSPS) is 15.7. The summed E-state index contributed by atoms with van der Waals surface area (Å²) < 4.78 is 5.86. The molecule has 0 atom stereocenters. The Morgan fingerprint density at radius 2 is 1.83 bits per heavy atom. The van der Waals surface area contributed by atoms with Crippen LogP contribution in [0.15, 0.2) is 4.79 Å². The smallest absolute Gasteiger partial charge is 0.410 e. The molecule has 0 bridgehead atoms. The number of aromatic nitrogens is 2. The first kappa shape index (κ1) is 17.8. The first-order valence-corrected chi connectivity index (χ1v) is 7.60. The van der Waals surface area contributed by atoms with Crippen LogP contribution in [0, 0.1) is 31.4 Å². The van der Waals surface area contributed by atoms with Crippen LogP contribution < -0.4 is 16.2 Å². The third-order valence-electron chi connectivity index (χ3n) is 3.15. The van der Waals surface area contributed by atoms with E-state index in [-0.39, 0.29) is 28.4 Å². The zero-order chi connectivity index (χ0) is 17.4. The average molecular weight is 427 g/mol. The van der Waals surface area contributed by atoms with E-state index in [9.17, 15) is 9.59 Å². The summed E-state index contributed by atoms with van der Waals surface area (Å²) in [5, 5.41) is 0. The van der Waals surface area contributed by atoms with Crippen molar-refractivity contribution in [1.82, 2.24) is 14.5 Å². The highest BCUT2D eigenvalue weighted by Crippen LogP contribution is 2.17. The zero-order valence-electron chi connectivity index (χ0n) is 12.1. The lowest BCUT2D eigenvalue weighted by molar-refractivity contribution is 0.0625. The number of halogens is 1. The highest BCUT2D eigenvalue weighted by atomic mass is 127. The molecule has 8 radical (unpaired) electrons. The molecule has 2 N–H and O–H groups in total. The molecule has 1 amide bonds. The SMILES string of the molecule is [CH]n1c(N2CCN(C(=O)OC([CH])([CH])[CH])CC2)nc(N)c(I)c1=O. The van der Waals surface area contributed by atoms with Gasteiger partial charge in [0.05, 0.1) is 7.05 Å². The molecule has 1 saturated heterocycles. The number of amides is 1. The standard InChI is InChI=1S/C14H14IN5O3/c1-14(2,3)23-13(22)20-7-5-19(6-8-20)12-17-10(16)9(15)11(21)18(12)4/h1-4H,5-8,16H2. The van der Waals surface area contributed by atoms with Gasteiger partial charge in [0, 0.05) is 47.0 Å². The van der Waals surface area contributed by atoms with Gasteiger partial charge in [0.15, 0.2) is 0 Å². The molecule has 1 aliphatic rings. The number of carbonyl (C=O) groups excluding carboxylic acids is 1. The van der Waals surface area contributed by atoms with Crippen LogP contribution in [0.1, 0.15) is 0 Å². The van der Waals surface area contributed by atoms with Gasteiger partial charge in [-0.25, -0.2) is 4.79 Å². The third kappa shape index (κ3) is 4.06. The number of rotatable bonds is 2. The summed E-state index contributed by atoms with van der Waals surface area (Å²) in [4.78, 5) is 31.0. The summed E-state index contributed by atoms with van der Waals surface area (Å²) >= 11 is 1.78. The summed E-state index contributed by atoms with van der Waals surface area (Å²) in [5.41, 5.74) is 3.24. The quantitative estimate of drug-likeness (QED) is 0.673. The van der Waals surface area contributed by atoms with Crippen LogP contribution in [0.2, 0.25) is 0 Å². The molecule has 1 fully saturated rings. The number of piperazine rings is 1. The first-order valence-electron chi connectivity index (χ1n) is 6.52. The number of anilines is 2. The molecule has 0 saturated carbocycles. The lowest BCUT2D eigenvalue weighted by atomic mass is 10.2. The number of nitrogen functional groups attached to an aromatic ring is 1. The van der Waals surface area contributed by atoms with Crippen LogP contribution in [0.3, 0.4) is 0 Å². The van der Waals surface area contributed by atoms with E-state index in [4.69, 9.17) is 33.6 Å². The van der Waals surface area contributed by atoms with Gasteiger partial charge < -0.3 is 20.3 Å². The Morgan fingerprint density at radius 3 is 2.35 bits per heavy atom. The second kappa shape index (κ2) is 6.54. The molecule has 8 nitrogen and oxygen atoms in total. The van der Waals surface area contributed by atoms with E-state index in [0.29, 0.717) is 13.1 Å². The van der Waals surface area contributed by atoms with E-state index in [1.54, 1.807) is 27.5 Å². The van der Waals surface area contributed by atoms with Gasteiger partial charge in [-0.05, 0) is 22.6 Å². The predicted octanol–water partition coefficient (Wildman–Crippen LogP) is 0.0775. The number of ether oxygens (including phenoxy) is 1. The molecule has 0 unspecified atom stereocenters. The third-order valence-corrected chi connectivity index (χ3v) is 4.17. The Bertz CT molecular complexity index is 660. The van der Waals surface area contributed by atoms with Crippen molar-refractivity contribution in [2.45, 2.75) is 5.60 Å². The lowest BCUT2D eigenvalue weighted by Gasteiger charge is -2.36. The molecule has 23 heavy (non-hydrogen) atoms. The van der Waals surface area contributed by atoms with Crippen LogP contribution in [0.4, 0.5) is 16.6 Å². The molecule has 120 valence electrons. The number of hydrogen-bond acceptors (Lipinski definition) is 6.